The molecule has 0 amide bonds. The van der Waals surface area contributed by atoms with Crippen LogP contribution in [-0.2, 0) is 6.42 Å². The summed E-state index contributed by atoms with van der Waals surface area (Å²) < 4.78 is 11.1. The van der Waals surface area contributed by atoms with Crippen molar-refractivity contribution in [3.05, 3.63) is 151 Å². The highest BCUT2D eigenvalue weighted by atomic mass is 16.3. The van der Waals surface area contributed by atoms with E-state index in [9.17, 15) is 0 Å². The third kappa shape index (κ3) is 3.58. The van der Waals surface area contributed by atoms with Gasteiger partial charge in [-0.05, 0) is 84.6 Å². The van der Waals surface area contributed by atoms with Gasteiger partial charge in [0.2, 0.25) is 0 Å². The van der Waals surface area contributed by atoms with Crippen molar-refractivity contribution < 1.29 is 4.42 Å². The predicted octanol–water partition coefficient (Wildman–Crippen LogP) is 11.3. The summed E-state index contributed by atoms with van der Waals surface area (Å²) in [7, 11) is 0. The molecule has 0 saturated heterocycles. The van der Waals surface area contributed by atoms with E-state index in [-0.39, 0.29) is 0 Å². The van der Waals surface area contributed by atoms with E-state index in [1.54, 1.807) is 0 Å². The minimum Gasteiger partial charge on any atom is -0.456 e. The number of rotatable bonds is 3. The van der Waals surface area contributed by atoms with Gasteiger partial charge in [-0.15, -0.1) is 0 Å². The molecular weight excluding hydrogens is 548 g/mol. The second kappa shape index (κ2) is 9.35. The van der Waals surface area contributed by atoms with Crippen LogP contribution in [0.4, 0.5) is 0 Å². The average Bonchev–Trinajstić information content (AvgIpc) is 3.75. The molecule has 1 aliphatic carbocycles. The SMILES string of the molecule is C1=Cc2oc3ccc(-c4cc(-n5c6ccccc6c6ccccc65)cc(-n5c6ccccc6c6ccccc65)c4)cc3c2CC1. The van der Waals surface area contributed by atoms with Gasteiger partial charge < -0.3 is 13.6 Å². The Hall–Kier alpha value is -5.80. The van der Waals surface area contributed by atoms with Gasteiger partial charge in [-0.3, -0.25) is 0 Å². The highest BCUT2D eigenvalue weighted by Crippen LogP contribution is 2.39. The maximum Gasteiger partial charge on any atom is 0.135 e. The Morgan fingerprint density at radius 2 is 0.978 bits per heavy atom. The Kier molecular flexibility index (Phi) is 5.11. The maximum absolute atomic E-state index is 6.24. The number of aromatic nitrogens is 2. The standard InChI is InChI=1S/C42H28N2O/c1-6-16-37-31(11-1)32-12-2-7-17-38(32)43(37)29-23-28(27-21-22-42-36(25-27)35-15-5-10-20-41(35)45-42)24-30(26-29)44-39-18-8-3-13-33(39)34-14-4-9-19-40(34)44/h1-4,6-14,16-26H,5,15H2. The highest BCUT2D eigenvalue weighted by molar-refractivity contribution is 6.10. The molecule has 0 spiro atoms. The first kappa shape index (κ1) is 24.6. The van der Waals surface area contributed by atoms with E-state index in [2.05, 4.69) is 155 Å². The monoisotopic (exact) mass is 576 g/mol. The molecule has 3 nitrogen and oxygen atoms in total. The predicted molar refractivity (Wildman–Crippen MR) is 188 cm³/mol. The summed E-state index contributed by atoms with van der Waals surface area (Å²) in [6.07, 6.45) is 6.39. The van der Waals surface area contributed by atoms with Crippen molar-refractivity contribution in [2.45, 2.75) is 12.8 Å². The van der Waals surface area contributed by atoms with Crippen LogP contribution in [0.3, 0.4) is 0 Å². The summed E-state index contributed by atoms with van der Waals surface area (Å²) in [6.45, 7) is 0. The molecular formula is C42H28N2O. The lowest BCUT2D eigenvalue weighted by Gasteiger charge is -2.16. The summed E-state index contributed by atoms with van der Waals surface area (Å²) in [5, 5.41) is 6.26. The van der Waals surface area contributed by atoms with Gasteiger partial charge in [0.05, 0.1) is 22.1 Å². The Bertz CT molecular complexity index is 2420. The summed E-state index contributed by atoms with van der Waals surface area (Å²) in [5.41, 5.74) is 11.7. The van der Waals surface area contributed by atoms with Gasteiger partial charge in [-0.25, -0.2) is 0 Å². The quantitative estimate of drug-likeness (QED) is 0.205. The number of para-hydroxylation sites is 4. The number of allylic oxidation sites excluding steroid dienone is 1. The van der Waals surface area contributed by atoms with Crippen molar-refractivity contribution in [3.8, 4) is 22.5 Å². The summed E-state index contributed by atoms with van der Waals surface area (Å²) in [6, 6.07) is 48.7. The minimum atomic E-state index is 0.955. The van der Waals surface area contributed by atoms with E-state index in [0.29, 0.717) is 0 Å². The average molecular weight is 577 g/mol. The molecule has 0 radical (unpaired) electrons. The van der Waals surface area contributed by atoms with Crippen molar-refractivity contribution in [2.75, 3.05) is 0 Å². The third-order valence-corrected chi connectivity index (χ3v) is 9.56. The number of fused-ring (bicyclic) bond motifs is 9. The van der Waals surface area contributed by atoms with Gasteiger partial charge in [0, 0.05) is 43.9 Å². The Morgan fingerprint density at radius 3 is 1.51 bits per heavy atom. The van der Waals surface area contributed by atoms with Crippen molar-refractivity contribution in [1.82, 2.24) is 9.13 Å². The number of nitrogens with zero attached hydrogens (tertiary/aromatic N) is 2. The van der Waals surface area contributed by atoms with Crippen LogP contribution in [0.15, 0.2) is 144 Å². The van der Waals surface area contributed by atoms with Crippen LogP contribution in [0, 0.1) is 0 Å². The van der Waals surface area contributed by atoms with Crippen molar-refractivity contribution in [2.24, 2.45) is 0 Å². The summed E-state index contributed by atoms with van der Waals surface area (Å²) in [4.78, 5) is 0. The number of aryl methyl sites for hydroxylation is 1. The second-order valence-electron chi connectivity index (χ2n) is 12.1. The van der Waals surface area contributed by atoms with Gasteiger partial charge in [0.15, 0.2) is 0 Å². The van der Waals surface area contributed by atoms with E-state index in [0.717, 1.165) is 35.6 Å². The molecule has 0 atom stereocenters. The van der Waals surface area contributed by atoms with Crippen LogP contribution in [-0.4, -0.2) is 9.13 Å². The van der Waals surface area contributed by atoms with Crippen LogP contribution in [0.2, 0.25) is 0 Å². The van der Waals surface area contributed by atoms with Crippen molar-refractivity contribution in [3.63, 3.8) is 0 Å². The fourth-order valence-electron chi connectivity index (χ4n) is 7.58. The molecule has 1 aliphatic rings. The zero-order valence-corrected chi connectivity index (χ0v) is 24.6. The van der Waals surface area contributed by atoms with E-state index >= 15 is 0 Å². The van der Waals surface area contributed by atoms with Gasteiger partial charge >= 0.3 is 0 Å². The van der Waals surface area contributed by atoms with Crippen LogP contribution < -0.4 is 0 Å². The molecule has 212 valence electrons. The molecule has 3 aromatic heterocycles. The lowest BCUT2D eigenvalue weighted by molar-refractivity contribution is 0.595. The maximum atomic E-state index is 6.24. The van der Waals surface area contributed by atoms with Crippen molar-refractivity contribution >= 4 is 60.7 Å². The zero-order chi connectivity index (χ0) is 29.5. The largest absolute Gasteiger partial charge is 0.456 e. The number of hydrogen-bond donors (Lipinski definition) is 0. The third-order valence-electron chi connectivity index (χ3n) is 9.56. The molecule has 0 bridgehead atoms. The van der Waals surface area contributed by atoms with Gasteiger partial charge in [0.1, 0.15) is 11.3 Å². The molecule has 0 unspecified atom stereocenters. The molecule has 6 aromatic carbocycles. The molecule has 0 fully saturated rings. The van der Waals surface area contributed by atoms with E-state index in [1.165, 1.54) is 65.7 Å². The molecule has 10 rings (SSSR count). The minimum absolute atomic E-state index is 0.955. The smallest absolute Gasteiger partial charge is 0.135 e. The lowest BCUT2D eigenvalue weighted by Crippen LogP contribution is -2.00. The van der Waals surface area contributed by atoms with Crippen LogP contribution in [0.25, 0.3) is 83.2 Å². The topological polar surface area (TPSA) is 23.0 Å². The Balaban J connectivity index is 1.31. The molecule has 9 aromatic rings. The van der Waals surface area contributed by atoms with E-state index < -0.39 is 0 Å². The summed E-state index contributed by atoms with van der Waals surface area (Å²) >= 11 is 0. The van der Waals surface area contributed by atoms with Crippen molar-refractivity contribution in [1.29, 1.82) is 0 Å². The van der Waals surface area contributed by atoms with Crippen LogP contribution in [0.5, 0.6) is 0 Å². The number of benzene rings is 6. The molecule has 0 saturated carbocycles. The normalized spacial score (nSPS) is 13.1. The van der Waals surface area contributed by atoms with Crippen LogP contribution in [0.1, 0.15) is 17.7 Å². The molecule has 45 heavy (non-hydrogen) atoms. The summed E-state index contributed by atoms with van der Waals surface area (Å²) in [5.74, 6) is 0.999. The first-order valence-corrected chi connectivity index (χ1v) is 15.7. The first-order chi connectivity index (χ1) is 22.3. The number of furan rings is 1. The Morgan fingerprint density at radius 1 is 0.467 bits per heavy atom. The lowest BCUT2D eigenvalue weighted by atomic mass is 9.97. The zero-order valence-electron chi connectivity index (χ0n) is 24.6. The molecule has 0 N–H and O–H groups in total. The second-order valence-corrected chi connectivity index (χ2v) is 12.1. The van der Waals surface area contributed by atoms with E-state index in [4.69, 9.17) is 4.42 Å². The van der Waals surface area contributed by atoms with Gasteiger partial charge in [-0.2, -0.15) is 0 Å². The molecule has 3 heteroatoms. The van der Waals surface area contributed by atoms with Gasteiger partial charge in [0.25, 0.3) is 0 Å². The highest BCUT2D eigenvalue weighted by Gasteiger charge is 2.19. The van der Waals surface area contributed by atoms with Crippen LogP contribution >= 0.6 is 0 Å². The fourth-order valence-corrected chi connectivity index (χ4v) is 7.58. The first-order valence-electron chi connectivity index (χ1n) is 15.7. The van der Waals surface area contributed by atoms with E-state index in [1.807, 2.05) is 0 Å². The fraction of sp³-hybridized carbons (Fsp3) is 0.0476. The molecule has 0 aliphatic heterocycles. The number of hydrogen-bond acceptors (Lipinski definition) is 1. The molecule has 3 heterocycles. The van der Waals surface area contributed by atoms with Gasteiger partial charge in [-0.1, -0.05) is 84.9 Å². The Labute approximate surface area is 259 Å².